The number of halogens is 1. The van der Waals surface area contributed by atoms with E-state index in [4.69, 9.17) is 21.3 Å². The number of benzene rings is 1. The number of piperidine rings is 1. The predicted molar refractivity (Wildman–Crippen MR) is 115 cm³/mol. The fourth-order valence-corrected chi connectivity index (χ4v) is 3.72. The summed E-state index contributed by atoms with van der Waals surface area (Å²) >= 11 is 6.33. The first-order valence-electron chi connectivity index (χ1n) is 10.1. The second-order valence-electron chi connectivity index (χ2n) is 7.45. The minimum atomic E-state index is 0.623. The lowest BCUT2D eigenvalue weighted by Gasteiger charge is -2.34. The number of likely N-dealkylation sites (tertiary alicyclic amines) is 1. The standard InChI is InChI=1S/C21H35ClN4O/c1-5-23-21(25-14-17-7-6-12-26(15-17)16(2)3)24-11-10-18-8-9-19(27-4)13-20(18)22/h8-9,13,16-17H,5-7,10-12,14-15H2,1-4H3,(H2,23,24,25). The molecule has 1 atom stereocenters. The summed E-state index contributed by atoms with van der Waals surface area (Å²) < 4.78 is 5.20. The second kappa shape index (κ2) is 11.4. The summed E-state index contributed by atoms with van der Waals surface area (Å²) in [6.07, 6.45) is 3.39. The zero-order valence-electron chi connectivity index (χ0n) is 17.2. The third kappa shape index (κ3) is 7.23. The summed E-state index contributed by atoms with van der Waals surface area (Å²) in [5.41, 5.74) is 1.11. The molecule has 0 saturated carbocycles. The highest BCUT2D eigenvalue weighted by Gasteiger charge is 2.21. The van der Waals surface area contributed by atoms with E-state index in [0.29, 0.717) is 12.0 Å². The second-order valence-corrected chi connectivity index (χ2v) is 7.86. The van der Waals surface area contributed by atoms with Gasteiger partial charge in [0.1, 0.15) is 5.75 Å². The minimum absolute atomic E-state index is 0.623. The van der Waals surface area contributed by atoms with E-state index < -0.39 is 0 Å². The molecule has 1 fully saturated rings. The maximum Gasteiger partial charge on any atom is 0.191 e. The number of guanidine groups is 1. The number of aliphatic imine (C=N–C) groups is 1. The van der Waals surface area contributed by atoms with Gasteiger partial charge in [0.05, 0.1) is 7.11 Å². The molecule has 1 saturated heterocycles. The molecule has 1 aliphatic rings. The van der Waals surface area contributed by atoms with Crippen LogP contribution in [0.2, 0.25) is 5.02 Å². The number of hydrogen-bond donors (Lipinski definition) is 2. The van der Waals surface area contributed by atoms with E-state index in [2.05, 4.69) is 36.3 Å². The molecular formula is C21H35ClN4O. The molecule has 152 valence electrons. The van der Waals surface area contributed by atoms with Gasteiger partial charge in [0.2, 0.25) is 0 Å². The molecule has 2 N–H and O–H groups in total. The van der Waals surface area contributed by atoms with Gasteiger partial charge in [-0.3, -0.25) is 4.99 Å². The van der Waals surface area contributed by atoms with Crippen LogP contribution in [-0.2, 0) is 6.42 Å². The molecule has 1 aromatic rings. The molecule has 0 bridgehead atoms. The third-order valence-electron chi connectivity index (χ3n) is 5.08. The van der Waals surface area contributed by atoms with E-state index in [1.165, 1.54) is 19.4 Å². The summed E-state index contributed by atoms with van der Waals surface area (Å²) in [6.45, 7) is 11.6. The van der Waals surface area contributed by atoms with Crippen molar-refractivity contribution >= 4 is 17.6 Å². The molecule has 1 aliphatic heterocycles. The largest absolute Gasteiger partial charge is 0.497 e. The highest BCUT2D eigenvalue weighted by molar-refractivity contribution is 6.31. The Bertz CT molecular complexity index is 606. The summed E-state index contributed by atoms with van der Waals surface area (Å²) in [7, 11) is 1.65. The molecule has 0 aliphatic carbocycles. The van der Waals surface area contributed by atoms with Gasteiger partial charge in [0.15, 0.2) is 5.96 Å². The first kappa shape index (κ1) is 21.8. The molecule has 1 heterocycles. The molecule has 0 spiro atoms. The van der Waals surface area contributed by atoms with E-state index in [9.17, 15) is 0 Å². The molecule has 6 heteroatoms. The number of rotatable bonds is 8. The quantitative estimate of drug-likeness (QED) is 0.522. The smallest absolute Gasteiger partial charge is 0.191 e. The van der Waals surface area contributed by atoms with Crippen LogP contribution in [0.15, 0.2) is 23.2 Å². The Morgan fingerprint density at radius 3 is 2.85 bits per heavy atom. The Hall–Kier alpha value is -1.46. The van der Waals surface area contributed by atoms with Crippen molar-refractivity contribution in [3.05, 3.63) is 28.8 Å². The summed E-state index contributed by atoms with van der Waals surface area (Å²) in [5.74, 6) is 2.32. The Balaban J connectivity index is 1.84. The fraction of sp³-hybridized carbons (Fsp3) is 0.667. The Morgan fingerprint density at radius 2 is 2.19 bits per heavy atom. The van der Waals surface area contributed by atoms with Gasteiger partial charge in [-0.25, -0.2) is 0 Å². The van der Waals surface area contributed by atoms with Gasteiger partial charge in [-0.05, 0) is 70.2 Å². The Kier molecular flexibility index (Phi) is 9.22. The molecule has 1 unspecified atom stereocenters. The van der Waals surface area contributed by atoms with E-state index >= 15 is 0 Å². The van der Waals surface area contributed by atoms with Crippen LogP contribution < -0.4 is 15.4 Å². The van der Waals surface area contributed by atoms with Crippen LogP contribution in [-0.4, -0.2) is 56.7 Å². The first-order valence-corrected chi connectivity index (χ1v) is 10.5. The minimum Gasteiger partial charge on any atom is -0.497 e. The molecule has 27 heavy (non-hydrogen) atoms. The predicted octanol–water partition coefficient (Wildman–Crippen LogP) is 3.57. The fourth-order valence-electron chi connectivity index (χ4n) is 3.45. The zero-order valence-corrected chi connectivity index (χ0v) is 18.0. The summed E-state index contributed by atoms with van der Waals surface area (Å²) in [5, 5.41) is 7.53. The van der Waals surface area contributed by atoms with Crippen molar-refractivity contribution in [2.75, 3.05) is 39.8 Å². The third-order valence-corrected chi connectivity index (χ3v) is 5.43. The van der Waals surface area contributed by atoms with E-state index in [1.54, 1.807) is 7.11 Å². The van der Waals surface area contributed by atoms with Crippen LogP contribution in [0.1, 0.15) is 39.2 Å². The number of nitrogens with zero attached hydrogens (tertiary/aromatic N) is 2. The van der Waals surface area contributed by atoms with Gasteiger partial charge in [0.25, 0.3) is 0 Å². The molecule has 0 aromatic heterocycles. The molecule has 5 nitrogen and oxygen atoms in total. The topological polar surface area (TPSA) is 48.9 Å². The Morgan fingerprint density at radius 1 is 1.37 bits per heavy atom. The number of ether oxygens (including phenoxy) is 1. The highest BCUT2D eigenvalue weighted by atomic mass is 35.5. The van der Waals surface area contributed by atoms with Crippen LogP contribution >= 0.6 is 11.6 Å². The number of nitrogens with one attached hydrogen (secondary N) is 2. The first-order chi connectivity index (χ1) is 13.0. The molecule has 2 rings (SSSR count). The molecule has 1 aromatic carbocycles. The van der Waals surface area contributed by atoms with Crippen molar-refractivity contribution in [2.24, 2.45) is 10.9 Å². The van der Waals surface area contributed by atoms with E-state index in [-0.39, 0.29) is 0 Å². The zero-order chi connectivity index (χ0) is 19.6. The SMILES string of the molecule is CCNC(=NCC1CCCN(C(C)C)C1)NCCc1ccc(OC)cc1Cl. The molecule has 0 amide bonds. The van der Waals surface area contributed by atoms with Crippen molar-refractivity contribution in [1.82, 2.24) is 15.5 Å². The number of methoxy groups -OCH3 is 1. The van der Waals surface area contributed by atoms with Crippen molar-refractivity contribution in [3.63, 3.8) is 0 Å². The summed E-state index contributed by atoms with van der Waals surface area (Å²) in [4.78, 5) is 7.39. The highest BCUT2D eigenvalue weighted by Crippen LogP contribution is 2.22. The lowest BCUT2D eigenvalue weighted by Crippen LogP contribution is -2.42. The van der Waals surface area contributed by atoms with Crippen LogP contribution in [0.25, 0.3) is 0 Å². The Labute approximate surface area is 169 Å². The monoisotopic (exact) mass is 394 g/mol. The van der Waals surface area contributed by atoms with Crippen LogP contribution in [0, 0.1) is 5.92 Å². The number of hydrogen-bond acceptors (Lipinski definition) is 3. The van der Waals surface area contributed by atoms with Gasteiger partial charge in [0, 0.05) is 37.2 Å². The van der Waals surface area contributed by atoms with Gasteiger partial charge >= 0.3 is 0 Å². The van der Waals surface area contributed by atoms with Crippen molar-refractivity contribution in [2.45, 2.75) is 46.1 Å². The average molecular weight is 395 g/mol. The lowest BCUT2D eigenvalue weighted by atomic mass is 9.97. The summed E-state index contributed by atoms with van der Waals surface area (Å²) in [6, 6.07) is 6.46. The maximum absolute atomic E-state index is 6.33. The van der Waals surface area contributed by atoms with Gasteiger partial charge < -0.3 is 20.3 Å². The van der Waals surface area contributed by atoms with E-state index in [1.807, 2.05) is 18.2 Å². The average Bonchev–Trinajstić information content (AvgIpc) is 2.67. The maximum atomic E-state index is 6.33. The van der Waals surface area contributed by atoms with Gasteiger partial charge in [-0.1, -0.05) is 17.7 Å². The van der Waals surface area contributed by atoms with Gasteiger partial charge in [-0.15, -0.1) is 0 Å². The van der Waals surface area contributed by atoms with Crippen LogP contribution in [0.3, 0.4) is 0 Å². The lowest BCUT2D eigenvalue weighted by molar-refractivity contribution is 0.143. The van der Waals surface area contributed by atoms with Gasteiger partial charge in [-0.2, -0.15) is 0 Å². The van der Waals surface area contributed by atoms with Crippen molar-refractivity contribution in [1.29, 1.82) is 0 Å². The van der Waals surface area contributed by atoms with E-state index in [0.717, 1.165) is 54.9 Å². The van der Waals surface area contributed by atoms with Crippen molar-refractivity contribution in [3.8, 4) is 5.75 Å². The van der Waals surface area contributed by atoms with Crippen LogP contribution in [0.5, 0.6) is 5.75 Å². The normalized spacial score (nSPS) is 18.6. The van der Waals surface area contributed by atoms with Crippen LogP contribution in [0.4, 0.5) is 0 Å². The molecular weight excluding hydrogens is 360 g/mol. The molecule has 0 radical (unpaired) electrons. The van der Waals surface area contributed by atoms with Crippen molar-refractivity contribution < 1.29 is 4.74 Å².